The Kier molecular flexibility index (Phi) is 5.16. The summed E-state index contributed by atoms with van der Waals surface area (Å²) >= 11 is 0. The molecule has 1 fully saturated rings. The number of halogens is 1. The Hall–Kier alpha value is -2.52. The molecule has 2 unspecified atom stereocenters. The summed E-state index contributed by atoms with van der Waals surface area (Å²) in [6, 6.07) is 9.82. The highest BCUT2D eigenvalue weighted by atomic mass is 32.2. The van der Waals surface area contributed by atoms with Gasteiger partial charge in [0.15, 0.2) is 0 Å². The second kappa shape index (κ2) is 7.24. The van der Waals surface area contributed by atoms with E-state index in [1.807, 2.05) is 6.92 Å². The van der Waals surface area contributed by atoms with Crippen molar-refractivity contribution in [2.45, 2.75) is 24.3 Å². The number of rotatable bonds is 5. The number of nitro benzene ring substituents is 1. The lowest BCUT2D eigenvalue weighted by Gasteiger charge is -2.27. The first-order chi connectivity index (χ1) is 12.7. The van der Waals surface area contributed by atoms with Crippen LogP contribution in [0.25, 0.3) is 0 Å². The molecule has 1 aliphatic rings. The van der Waals surface area contributed by atoms with Gasteiger partial charge in [0.1, 0.15) is 11.5 Å². The van der Waals surface area contributed by atoms with Gasteiger partial charge >= 0.3 is 0 Å². The van der Waals surface area contributed by atoms with E-state index in [-0.39, 0.29) is 34.0 Å². The minimum atomic E-state index is -3.81. The number of nitrogens with zero attached hydrogens (tertiary/aromatic N) is 2. The third-order valence-electron chi connectivity index (χ3n) is 4.81. The molecule has 0 aromatic heterocycles. The van der Waals surface area contributed by atoms with Crippen molar-refractivity contribution in [1.82, 2.24) is 4.72 Å². The minimum absolute atomic E-state index is 0.185. The molecule has 0 spiro atoms. The van der Waals surface area contributed by atoms with Crippen LogP contribution in [0.2, 0.25) is 0 Å². The van der Waals surface area contributed by atoms with Crippen molar-refractivity contribution in [1.29, 1.82) is 0 Å². The Labute approximate surface area is 157 Å². The molecule has 7 nitrogen and oxygen atoms in total. The molecular formula is C18H20FN3O4S. The molecule has 2 atom stereocenters. The monoisotopic (exact) mass is 393 g/mol. The Morgan fingerprint density at radius 3 is 2.59 bits per heavy atom. The van der Waals surface area contributed by atoms with Gasteiger partial charge in [-0.25, -0.2) is 17.5 Å². The van der Waals surface area contributed by atoms with Gasteiger partial charge in [0, 0.05) is 18.2 Å². The van der Waals surface area contributed by atoms with Crippen molar-refractivity contribution >= 4 is 21.4 Å². The quantitative estimate of drug-likeness (QED) is 0.622. The molecule has 0 saturated carbocycles. The largest absolute Gasteiger partial charge is 0.359 e. The number of nitro groups is 1. The molecule has 1 saturated heterocycles. The predicted octanol–water partition coefficient (Wildman–Crippen LogP) is 3.23. The molecule has 9 heteroatoms. The average molecular weight is 393 g/mol. The first kappa shape index (κ1) is 19.2. The minimum Gasteiger partial charge on any atom is -0.359 e. The fourth-order valence-electron chi connectivity index (χ4n) is 3.53. The van der Waals surface area contributed by atoms with Gasteiger partial charge in [-0.1, -0.05) is 25.1 Å². The summed E-state index contributed by atoms with van der Waals surface area (Å²) in [5.41, 5.74) is 0.442. The highest BCUT2D eigenvalue weighted by Gasteiger charge is 2.36. The van der Waals surface area contributed by atoms with Gasteiger partial charge in [0.25, 0.3) is 5.69 Å². The molecule has 1 heterocycles. The summed E-state index contributed by atoms with van der Waals surface area (Å²) in [7, 11) is -2.57. The zero-order valence-corrected chi connectivity index (χ0v) is 15.7. The van der Waals surface area contributed by atoms with E-state index >= 15 is 0 Å². The van der Waals surface area contributed by atoms with E-state index in [0.29, 0.717) is 18.5 Å². The average Bonchev–Trinajstić information content (AvgIpc) is 3.02. The van der Waals surface area contributed by atoms with Crippen LogP contribution in [-0.4, -0.2) is 26.9 Å². The van der Waals surface area contributed by atoms with E-state index in [0.717, 1.165) is 6.07 Å². The number of hydrogen-bond donors (Lipinski definition) is 1. The van der Waals surface area contributed by atoms with Crippen LogP contribution < -0.4 is 9.62 Å². The number of sulfonamides is 1. The maximum Gasteiger partial charge on any atom is 0.293 e. The van der Waals surface area contributed by atoms with Crippen molar-refractivity contribution in [3.8, 4) is 0 Å². The second-order valence-electron chi connectivity index (χ2n) is 6.65. The highest BCUT2D eigenvalue weighted by molar-refractivity contribution is 7.89. The van der Waals surface area contributed by atoms with E-state index in [4.69, 9.17) is 0 Å². The molecule has 0 bridgehead atoms. The summed E-state index contributed by atoms with van der Waals surface area (Å²) in [6.45, 7) is 2.51. The molecule has 1 N–H and O–H groups in total. The van der Waals surface area contributed by atoms with Gasteiger partial charge < -0.3 is 4.90 Å². The van der Waals surface area contributed by atoms with Crippen LogP contribution in [0.1, 0.15) is 24.9 Å². The van der Waals surface area contributed by atoms with Gasteiger partial charge in [-0.05, 0) is 37.6 Å². The van der Waals surface area contributed by atoms with Crippen LogP contribution in [0.4, 0.5) is 15.8 Å². The van der Waals surface area contributed by atoms with Crippen LogP contribution in [0, 0.1) is 21.8 Å². The lowest BCUT2D eigenvalue weighted by atomic mass is 10.00. The maximum absolute atomic E-state index is 14.3. The Morgan fingerprint density at radius 1 is 1.26 bits per heavy atom. The molecule has 3 rings (SSSR count). The van der Waals surface area contributed by atoms with E-state index in [1.165, 1.54) is 25.2 Å². The Bertz CT molecular complexity index is 980. The van der Waals surface area contributed by atoms with Crippen LogP contribution in [0.15, 0.2) is 47.4 Å². The topological polar surface area (TPSA) is 92.6 Å². The fraction of sp³-hybridized carbons (Fsp3) is 0.333. The van der Waals surface area contributed by atoms with E-state index in [1.54, 1.807) is 23.1 Å². The van der Waals surface area contributed by atoms with Gasteiger partial charge in [0.05, 0.1) is 15.9 Å². The number of nitrogens with one attached hydrogen (secondary N) is 1. The van der Waals surface area contributed by atoms with Gasteiger partial charge in [-0.3, -0.25) is 10.1 Å². The molecular weight excluding hydrogens is 373 g/mol. The number of benzene rings is 2. The molecule has 2 aromatic rings. The summed E-state index contributed by atoms with van der Waals surface area (Å²) in [6.07, 6.45) is 0.647. The summed E-state index contributed by atoms with van der Waals surface area (Å²) in [4.78, 5) is 12.6. The van der Waals surface area contributed by atoms with E-state index in [2.05, 4.69) is 4.72 Å². The highest BCUT2D eigenvalue weighted by Crippen LogP contribution is 2.43. The Morgan fingerprint density at radius 2 is 1.96 bits per heavy atom. The smallest absolute Gasteiger partial charge is 0.293 e. The Balaban J connectivity index is 2.11. The molecule has 1 aliphatic heterocycles. The molecule has 2 aromatic carbocycles. The molecule has 0 radical (unpaired) electrons. The third kappa shape index (κ3) is 3.65. The van der Waals surface area contributed by atoms with Gasteiger partial charge in [-0.2, -0.15) is 0 Å². The number of hydrogen-bond acceptors (Lipinski definition) is 5. The number of anilines is 1. The SMILES string of the molecule is CNS(=O)(=O)c1ccc(N2CC(C)CC2c2ccccc2F)c([N+](=O)[O-])c1. The van der Waals surface area contributed by atoms with E-state index in [9.17, 15) is 22.9 Å². The van der Waals surface area contributed by atoms with Gasteiger partial charge in [0.2, 0.25) is 10.0 Å². The second-order valence-corrected chi connectivity index (χ2v) is 8.53. The third-order valence-corrected chi connectivity index (χ3v) is 6.22. The van der Waals surface area contributed by atoms with Crippen molar-refractivity contribution in [3.05, 3.63) is 64.0 Å². The van der Waals surface area contributed by atoms with E-state index < -0.39 is 14.9 Å². The zero-order chi connectivity index (χ0) is 19.8. The van der Waals surface area contributed by atoms with Crippen molar-refractivity contribution in [2.24, 2.45) is 5.92 Å². The normalized spacial score (nSPS) is 20.0. The molecule has 144 valence electrons. The molecule has 27 heavy (non-hydrogen) atoms. The van der Waals surface area contributed by atoms with Crippen molar-refractivity contribution < 1.29 is 17.7 Å². The summed E-state index contributed by atoms with van der Waals surface area (Å²) < 4.78 is 40.5. The van der Waals surface area contributed by atoms with Crippen molar-refractivity contribution in [3.63, 3.8) is 0 Å². The summed E-state index contributed by atoms with van der Waals surface area (Å²) in [5, 5.41) is 11.6. The fourth-order valence-corrected chi connectivity index (χ4v) is 4.28. The molecule has 0 amide bonds. The van der Waals surface area contributed by atoms with Crippen LogP contribution >= 0.6 is 0 Å². The molecule has 0 aliphatic carbocycles. The lowest BCUT2D eigenvalue weighted by molar-refractivity contribution is -0.384. The first-order valence-corrected chi connectivity index (χ1v) is 9.96. The zero-order valence-electron chi connectivity index (χ0n) is 14.9. The maximum atomic E-state index is 14.3. The first-order valence-electron chi connectivity index (χ1n) is 8.47. The summed E-state index contributed by atoms with van der Waals surface area (Å²) in [5.74, 6) is -0.159. The van der Waals surface area contributed by atoms with Crippen molar-refractivity contribution in [2.75, 3.05) is 18.5 Å². The van der Waals surface area contributed by atoms with Crippen LogP contribution in [0.5, 0.6) is 0 Å². The predicted molar refractivity (Wildman–Crippen MR) is 99.6 cm³/mol. The standard InChI is InChI=1S/C18H20FN3O4S/c1-12-9-17(14-5-3-4-6-15(14)19)21(11-12)16-8-7-13(27(25,26)20-2)10-18(16)22(23)24/h3-8,10,12,17,20H,9,11H2,1-2H3. The van der Waals surface area contributed by atoms with Crippen LogP contribution in [0.3, 0.4) is 0 Å². The lowest BCUT2D eigenvalue weighted by Crippen LogP contribution is -2.25. The van der Waals surface area contributed by atoms with Gasteiger partial charge in [-0.15, -0.1) is 0 Å². The van der Waals surface area contributed by atoms with Crippen LogP contribution in [-0.2, 0) is 10.0 Å².